The minimum absolute atomic E-state index is 0.0106. The number of hydrogen-bond donors (Lipinski definition) is 3. The molecule has 10 nitrogen and oxygen atoms in total. The van der Waals surface area contributed by atoms with Crippen LogP contribution in [0.3, 0.4) is 0 Å². The number of allylic oxidation sites excluding steroid dienone is 1. The second-order valence-corrected chi connectivity index (χ2v) is 11.7. The molecule has 0 radical (unpaired) electrons. The largest absolute Gasteiger partial charge is 0.477 e. The summed E-state index contributed by atoms with van der Waals surface area (Å²) in [5, 5.41) is 14.2. The molecule has 2 saturated heterocycles. The Morgan fingerprint density at radius 3 is 1.76 bits per heavy atom. The van der Waals surface area contributed by atoms with E-state index in [9.17, 15) is 29.1 Å². The summed E-state index contributed by atoms with van der Waals surface area (Å²) in [5.41, 5.74) is 1.10. The van der Waals surface area contributed by atoms with Crippen LogP contribution in [0.5, 0.6) is 0 Å². The van der Waals surface area contributed by atoms with Gasteiger partial charge in [-0.1, -0.05) is 0 Å². The summed E-state index contributed by atoms with van der Waals surface area (Å²) >= 11 is 6.21. The molecule has 0 bridgehead atoms. The van der Waals surface area contributed by atoms with E-state index >= 15 is 0 Å². The number of hydrogen-bond acceptors (Lipinski definition) is 9. The number of carboxylic acid groups (broad SMARTS) is 1. The molecule has 186 valence electrons. The summed E-state index contributed by atoms with van der Waals surface area (Å²) < 4.78 is 0. The normalized spacial score (nSPS) is 27.6. The number of carbonyl (C=O) groups excluding carboxylic acids is 4. The van der Waals surface area contributed by atoms with Gasteiger partial charge >= 0.3 is 5.97 Å². The molecule has 0 aliphatic carbocycles. The van der Waals surface area contributed by atoms with Crippen molar-refractivity contribution < 1.29 is 29.1 Å². The molecule has 4 amide bonds. The Hall–Kier alpha value is -1.77. The van der Waals surface area contributed by atoms with Crippen molar-refractivity contribution in [3.63, 3.8) is 0 Å². The van der Waals surface area contributed by atoms with Crippen molar-refractivity contribution in [2.24, 2.45) is 0 Å². The molecule has 0 aromatic carbocycles. The predicted molar refractivity (Wildman–Crippen MR) is 136 cm³/mol. The average Bonchev–Trinajstić information content (AvgIpc) is 2.79. The van der Waals surface area contributed by atoms with Gasteiger partial charge in [-0.25, -0.2) is 4.79 Å². The summed E-state index contributed by atoms with van der Waals surface area (Å²) in [7, 11) is 0. The topological polar surface area (TPSA) is 136 Å². The van der Waals surface area contributed by atoms with Crippen molar-refractivity contribution in [3.8, 4) is 0 Å². The number of carboxylic acids is 1. The molecule has 4 heterocycles. The Morgan fingerprint density at radius 2 is 1.32 bits per heavy atom. The highest BCUT2D eigenvalue weighted by atomic mass is 32.2. The maximum absolute atomic E-state index is 11.9. The van der Waals surface area contributed by atoms with E-state index in [4.69, 9.17) is 0 Å². The van der Waals surface area contributed by atoms with Crippen LogP contribution >= 0.6 is 47.0 Å². The Bertz CT molecular complexity index is 1000. The van der Waals surface area contributed by atoms with Crippen molar-refractivity contribution >= 4 is 76.6 Å². The number of nitrogens with zero attached hydrogens (tertiary/aromatic N) is 2. The molecular formula is C20H26N4O6S4. The first-order valence-corrected chi connectivity index (χ1v) is 14.8. The van der Waals surface area contributed by atoms with Crippen molar-refractivity contribution in [1.82, 2.24) is 20.4 Å². The van der Waals surface area contributed by atoms with E-state index in [0.29, 0.717) is 10.7 Å². The van der Waals surface area contributed by atoms with Crippen molar-refractivity contribution in [1.29, 1.82) is 0 Å². The van der Waals surface area contributed by atoms with Gasteiger partial charge in [-0.05, 0) is 19.4 Å². The molecule has 0 spiro atoms. The Balaban J connectivity index is 0.000000192. The fourth-order valence-corrected chi connectivity index (χ4v) is 8.55. The van der Waals surface area contributed by atoms with E-state index in [-0.39, 0.29) is 46.1 Å². The van der Waals surface area contributed by atoms with Crippen LogP contribution in [0.25, 0.3) is 0 Å². The number of nitrogens with one attached hydrogen (secondary N) is 2. The molecule has 3 N–H and O–H groups in total. The fraction of sp³-hybridized carbons (Fsp3) is 0.550. The van der Waals surface area contributed by atoms with Gasteiger partial charge in [-0.3, -0.25) is 29.0 Å². The highest BCUT2D eigenvalue weighted by Gasteiger charge is 2.54. The average molecular weight is 547 g/mol. The van der Waals surface area contributed by atoms with Gasteiger partial charge in [0.25, 0.3) is 11.8 Å². The SMILES string of the molecule is CSC1=C(C(=O)O)N2C(=O)C(NC(C)=O)C2SC1.CSC1=C(C)N2C(=O)C(NC(C)=O)C2SC1. The van der Waals surface area contributed by atoms with Gasteiger partial charge in [0.05, 0.1) is 0 Å². The van der Waals surface area contributed by atoms with Gasteiger partial charge in [-0.2, -0.15) is 0 Å². The quantitative estimate of drug-likeness (QED) is 0.430. The fourth-order valence-electron chi connectivity index (χ4n) is 3.92. The third-order valence-electron chi connectivity index (χ3n) is 5.54. The molecule has 34 heavy (non-hydrogen) atoms. The van der Waals surface area contributed by atoms with Gasteiger partial charge in [0.2, 0.25) is 11.8 Å². The van der Waals surface area contributed by atoms with Gasteiger partial charge in [-0.15, -0.1) is 47.0 Å². The summed E-state index contributed by atoms with van der Waals surface area (Å²) in [6.45, 7) is 4.75. The minimum atomic E-state index is -1.10. The molecule has 2 fully saturated rings. The zero-order valence-electron chi connectivity index (χ0n) is 19.2. The van der Waals surface area contributed by atoms with Crippen LogP contribution in [-0.4, -0.2) is 91.4 Å². The van der Waals surface area contributed by atoms with E-state index in [2.05, 4.69) is 10.6 Å². The van der Waals surface area contributed by atoms with Gasteiger partial charge < -0.3 is 15.7 Å². The van der Waals surface area contributed by atoms with E-state index < -0.39 is 12.0 Å². The first-order valence-electron chi connectivity index (χ1n) is 10.2. The maximum Gasteiger partial charge on any atom is 0.353 e. The van der Waals surface area contributed by atoms with Crippen LogP contribution in [0.1, 0.15) is 20.8 Å². The third-order valence-corrected chi connectivity index (χ3v) is 10.2. The highest BCUT2D eigenvalue weighted by Crippen LogP contribution is 2.43. The van der Waals surface area contributed by atoms with E-state index in [1.165, 1.54) is 47.2 Å². The second kappa shape index (κ2) is 10.9. The van der Waals surface area contributed by atoms with E-state index in [1.807, 2.05) is 13.2 Å². The number of β-lactam (4-membered cyclic amide) rings is 2. The van der Waals surface area contributed by atoms with Crippen molar-refractivity contribution in [2.45, 2.75) is 43.6 Å². The third kappa shape index (κ3) is 4.95. The zero-order valence-corrected chi connectivity index (χ0v) is 22.5. The van der Waals surface area contributed by atoms with Crippen molar-refractivity contribution in [3.05, 3.63) is 21.2 Å². The number of fused-ring (bicyclic) bond motifs is 2. The Morgan fingerprint density at radius 1 is 0.882 bits per heavy atom. The van der Waals surface area contributed by atoms with E-state index in [0.717, 1.165) is 11.4 Å². The van der Waals surface area contributed by atoms with Crippen molar-refractivity contribution in [2.75, 3.05) is 24.0 Å². The van der Waals surface area contributed by atoms with Crippen LogP contribution in [-0.2, 0) is 24.0 Å². The summed E-state index contributed by atoms with van der Waals surface area (Å²) in [6.07, 6.45) is 3.81. The highest BCUT2D eigenvalue weighted by molar-refractivity contribution is 8.06. The van der Waals surface area contributed by atoms with Crippen LogP contribution in [0.15, 0.2) is 21.2 Å². The predicted octanol–water partition coefficient (Wildman–Crippen LogP) is 1.07. The maximum atomic E-state index is 11.9. The summed E-state index contributed by atoms with van der Waals surface area (Å²) in [4.78, 5) is 61.9. The van der Waals surface area contributed by atoms with Gasteiger partial charge in [0, 0.05) is 40.9 Å². The number of thioether (sulfide) groups is 4. The molecule has 4 aliphatic rings. The molecule has 0 aromatic heterocycles. The first kappa shape index (κ1) is 26.8. The van der Waals surface area contributed by atoms with Crippen LogP contribution < -0.4 is 10.6 Å². The lowest BCUT2D eigenvalue weighted by molar-refractivity contribution is -0.150. The van der Waals surface area contributed by atoms with Crippen LogP contribution in [0.2, 0.25) is 0 Å². The summed E-state index contributed by atoms with van der Waals surface area (Å²) in [5.74, 6) is -0.395. The lowest BCUT2D eigenvalue weighted by Crippen LogP contribution is -2.70. The number of rotatable bonds is 5. The lowest BCUT2D eigenvalue weighted by Gasteiger charge is -2.49. The molecule has 0 saturated carbocycles. The monoisotopic (exact) mass is 546 g/mol. The van der Waals surface area contributed by atoms with Crippen LogP contribution in [0, 0.1) is 0 Å². The standard InChI is InChI=1S/C10H12N2O4S2.C10H14N2O2S2/c1-4(13)11-6-8(14)12-7(10(15)16)5(17-2)3-18-9(6)12;1-5-7(15-3)4-16-10-8(11-6(2)13)9(14)12(5)10/h6,9H,3H2,1-2H3,(H,11,13)(H,15,16);8,10H,4H2,1-3H3,(H,11,13). The first-order chi connectivity index (χ1) is 16.0. The molecule has 4 unspecified atom stereocenters. The number of amides is 4. The minimum Gasteiger partial charge on any atom is -0.477 e. The zero-order chi connectivity index (χ0) is 25.3. The van der Waals surface area contributed by atoms with Gasteiger partial charge in [0.1, 0.15) is 28.5 Å². The molecular weight excluding hydrogens is 521 g/mol. The number of aliphatic carboxylic acids is 1. The van der Waals surface area contributed by atoms with E-state index in [1.54, 1.807) is 34.7 Å². The smallest absolute Gasteiger partial charge is 0.353 e. The second-order valence-electron chi connectivity index (χ2n) is 7.67. The molecule has 4 atom stereocenters. The molecule has 4 aliphatic heterocycles. The Kier molecular flexibility index (Phi) is 8.58. The van der Waals surface area contributed by atoms with Crippen LogP contribution in [0.4, 0.5) is 0 Å². The Labute approximate surface area is 214 Å². The molecule has 4 rings (SSSR count). The number of carbonyl (C=O) groups is 5. The molecule has 0 aromatic rings. The lowest BCUT2D eigenvalue weighted by atomic mass is 10.1. The summed E-state index contributed by atoms with van der Waals surface area (Å²) in [6, 6.07) is -0.939. The molecule has 14 heteroatoms. The van der Waals surface area contributed by atoms with Gasteiger partial charge in [0.15, 0.2) is 0 Å².